The summed E-state index contributed by atoms with van der Waals surface area (Å²) >= 11 is 3.64. The van der Waals surface area contributed by atoms with Gasteiger partial charge in [0.05, 0.1) is 11.1 Å². The maximum Gasteiger partial charge on any atom is 0.261 e. The van der Waals surface area contributed by atoms with Crippen LogP contribution in [0.25, 0.3) is 0 Å². The minimum atomic E-state index is -0.214. The summed E-state index contributed by atoms with van der Waals surface area (Å²) in [5.41, 5.74) is 1.56. The van der Waals surface area contributed by atoms with Gasteiger partial charge in [0.25, 0.3) is 17.7 Å². The predicted molar refractivity (Wildman–Crippen MR) is 124 cm³/mol. The number of thiazole rings is 1. The van der Waals surface area contributed by atoms with E-state index in [0.717, 1.165) is 21.3 Å². The molecular formula is C22H18IN3O3S. The smallest absolute Gasteiger partial charge is 0.261 e. The number of fused-ring (bicyclic) bond motifs is 1. The Kier molecular flexibility index (Phi) is 6.24. The van der Waals surface area contributed by atoms with Crippen LogP contribution in [0.2, 0.25) is 0 Å². The van der Waals surface area contributed by atoms with E-state index in [1.807, 2.05) is 12.1 Å². The number of rotatable bonds is 7. The van der Waals surface area contributed by atoms with Crippen molar-refractivity contribution in [3.63, 3.8) is 0 Å². The van der Waals surface area contributed by atoms with Crippen molar-refractivity contribution in [2.24, 2.45) is 0 Å². The van der Waals surface area contributed by atoms with E-state index in [0.29, 0.717) is 34.8 Å². The zero-order valence-electron chi connectivity index (χ0n) is 15.9. The number of carbonyl (C=O) groups excluding carboxylic acids is 3. The minimum Gasteiger partial charge on any atom is -0.298 e. The number of nitrogens with zero attached hydrogens (tertiary/aromatic N) is 2. The van der Waals surface area contributed by atoms with E-state index in [1.54, 1.807) is 42.6 Å². The lowest BCUT2D eigenvalue weighted by atomic mass is 10.1. The molecule has 1 aliphatic heterocycles. The molecule has 3 aromatic rings. The fourth-order valence-corrected chi connectivity index (χ4v) is 4.47. The van der Waals surface area contributed by atoms with E-state index in [9.17, 15) is 14.4 Å². The second kappa shape index (κ2) is 9.05. The summed E-state index contributed by atoms with van der Waals surface area (Å²) in [4.78, 5) is 43.7. The molecular weight excluding hydrogens is 513 g/mol. The summed E-state index contributed by atoms with van der Waals surface area (Å²) in [6.07, 6.45) is 4.07. The third-order valence-corrected chi connectivity index (χ3v) is 6.51. The van der Waals surface area contributed by atoms with Crippen LogP contribution >= 0.6 is 33.9 Å². The summed E-state index contributed by atoms with van der Waals surface area (Å²) in [5.74, 6) is -0.610. The molecule has 152 valence electrons. The van der Waals surface area contributed by atoms with Gasteiger partial charge in [-0.15, -0.1) is 11.3 Å². The molecule has 0 saturated heterocycles. The van der Waals surface area contributed by atoms with Gasteiger partial charge in [-0.1, -0.05) is 12.1 Å². The number of imide groups is 1. The first-order chi connectivity index (χ1) is 14.5. The third kappa shape index (κ3) is 4.44. The second-order valence-electron chi connectivity index (χ2n) is 6.86. The molecule has 3 amide bonds. The first-order valence-corrected chi connectivity index (χ1v) is 11.4. The molecule has 0 saturated carbocycles. The van der Waals surface area contributed by atoms with Gasteiger partial charge in [-0.3, -0.25) is 24.6 Å². The average molecular weight is 531 g/mol. The molecule has 4 rings (SSSR count). The van der Waals surface area contributed by atoms with Crippen LogP contribution in [0.5, 0.6) is 0 Å². The van der Waals surface area contributed by atoms with Gasteiger partial charge in [-0.2, -0.15) is 0 Å². The van der Waals surface area contributed by atoms with Crippen LogP contribution < -0.4 is 5.32 Å². The van der Waals surface area contributed by atoms with E-state index in [-0.39, 0.29) is 17.7 Å². The fraction of sp³-hybridized carbons (Fsp3) is 0.182. The highest BCUT2D eigenvalue weighted by molar-refractivity contribution is 14.1. The van der Waals surface area contributed by atoms with E-state index in [1.165, 1.54) is 16.2 Å². The molecule has 2 heterocycles. The van der Waals surface area contributed by atoms with Crippen LogP contribution in [0.15, 0.2) is 54.7 Å². The van der Waals surface area contributed by atoms with Gasteiger partial charge in [0.2, 0.25) is 0 Å². The SMILES string of the molecule is O=C(Nc1ncc(CCCCN2C(=O)c3ccccc3C2=O)s1)c1ccc(I)cc1. The van der Waals surface area contributed by atoms with Crippen molar-refractivity contribution >= 4 is 56.8 Å². The summed E-state index contributed by atoms with van der Waals surface area (Å²) < 4.78 is 1.07. The number of amides is 3. The van der Waals surface area contributed by atoms with Crippen molar-refractivity contribution in [3.8, 4) is 0 Å². The van der Waals surface area contributed by atoms with Gasteiger partial charge in [0, 0.05) is 26.8 Å². The summed E-state index contributed by atoms with van der Waals surface area (Å²) in [6, 6.07) is 14.3. The number of unbranched alkanes of at least 4 members (excludes halogenated alkanes) is 1. The van der Waals surface area contributed by atoms with Crippen molar-refractivity contribution < 1.29 is 14.4 Å². The maximum absolute atomic E-state index is 12.4. The van der Waals surface area contributed by atoms with Gasteiger partial charge < -0.3 is 0 Å². The highest BCUT2D eigenvalue weighted by Crippen LogP contribution is 2.24. The maximum atomic E-state index is 12.4. The molecule has 0 unspecified atom stereocenters. The molecule has 0 spiro atoms. The van der Waals surface area contributed by atoms with Gasteiger partial charge in [-0.25, -0.2) is 4.98 Å². The Morgan fingerprint density at radius 2 is 1.67 bits per heavy atom. The normalized spacial score (nSPS) is 12.9. The quantitative estimate of drug-likeness (QED) is 0.274. The summed E-state index contributed by atoms with van der Waals surface area (Å²) in [6.45, 7) is 0.404. The predicted octanol–water partition coefficient (Wildman–Crippen LogP) is 4.62. The number of halogens is 1. The molecule has 30 heavy (non-hydrogen) atoms. The average Bonchev–Trinajstić information content (AvgIpc) is 3.29. The Hall–Kier alpha value is -2.59. The number of hydrogen-bond donors (Lipinski definition) is 1. The van der Waals surface area contributed by atoms with E-state index in [4.69, 9.17) is 0 Å². The first kappa shape index (κ1) is 20.7. The minimum absolute atomic E-state index is 0.182. The van der Waals surface area contributed by atoms with Gasteiger partial charge in [0.15, 0.2) is 5.13 Å². The molecule has 1 aliphatic rings. The zero-order chi connectivity index (χ0) is 21.1. The monoisotopic (exact) mass is 531 g/mol. The molecule has 0 atom stereocenters. The standard InChI is InChI=1S/C22H18IN3O3S/c23-15-10-8-14(9-11-15)19(27)25-22-24-13-16(30-22)5-3-4-12-26-20(28)17-6-1-2-7-18(17)21(26)29/h1-2,6-11,13H,3-5,12H2,(H,24,25,27). The fourth-order valence-electron chi connectivity index (χ4n) is 3.26. The van der Waals surface area contributed by atoms with Crippen LogP contribution in [0.4, 0.5) is 5.13 Å². The van der Waals surface area contributed by atoms with E-state index < -0.39 is 0 Å². The topological polar surface area (TPSA) is 79.4 Å². The lowest BCUT2D eigenvalue weighted by Gasteiger charge is -2.13. The molecule has 0 bridgehead atoms. The van der Waals surface area contributed by atoms with Crippen molar-refractivity contribution in [2.45, 2.75) is 19.3 Å². The lowest BCUT2D eigenvalue weighted by molar-refractivity contribution is 0.0651. The van der Waals surface area contributed by atoms with Crippen LogP contribution in [-0.4, -0.2) is 34.2 Å². The Balaban J connectivity index is 1.25. The number of nitrogens with one attached hydrogen (secondary N) is 1. The first-order valence-electron chi connectivity index (χ1n) is 9.50. The number of hydrogen-bond acceptors (Lipinski definition) is 5. The highest BCUT2D eigenvalue weighted by Gasteiger charge is 2.34. The van der Waals surface area contributed by atoms with Gasteiger partial charge in [-0.05, 0) is 78.3 Å². The Bertz CT molecular complexity index is 1080. The Morgan fingerprint density at radius 3 is 2.33 bits per heavy atom. The van der Waals surface area contributed by atoms with Gasteiger partial charge >= 0.3 is 0 Å². The van der Waals surface area contributed by atoms with Crippen LogP contribution in [0, 0.1) is 3.57 Å². The van der Waals surface area contributed by atoms with Crippen LogP contribution in [-0.2, 0) is 6.42 Å². The van der Waals surface area contributed by atoms with Gasteiger partial charge in [0.1, 0.15) is 0 Å². The number of aromatic nitrogens is 1. The van der Waals surface area contributed by atoms with Crippen molar-refractivity contribution in [3.05, 3.63) is 79.9 Å². The molecule has 0 aliphatic carbocycles. The van der Waals surface area contributed by atoms with E-state index >= 15 is 0 Å². The Labute approximate surface area is 191 Å². The number of anilines is 1. The zero-order valence-corrected chi connectivity index (χ0v) is 18.9. The number of benzene rings is 2. The number of carbonyl (C=O) groups is 3. The number of aryl methyl sites for hydroxylation is 1. The van der Waals surface area contributed by atoms with E-state index in [2.05, 4.69) is 32.9 Å². The third-order valence-electron chi connectivity index (χ3n) is 4.81. The van der Waals surface area contributed by atoms with Crippen molar-refractivity contribution in [1.29, 1.82) is 0 Å². The highest BCUT2D eigenvalue weighted by atomic mass is 127. The summed E-state index contributed by atoms with van der Waals surface area (Å²) in [7, 11) is 0. The second-order valence-corrected chi connectivity index (χ2v) is 9.22. The van der Waals surface area contributed by atoms with Crippen LogP contribution in [0.3, 0.4) is 0 Å². The molecule has 1 N–H and O–H groups in total. The summed E-state index contributed by atoms with van der Waals surface area (Å²) in [5, 5.41) is 3.39. The molecule has 6 nitrogen and oxygen atoms in total. The van der Waals surface area contributed by atoms with Crippen molar-refractivity contribution in [1.82, 2.24) is 9.88 Å². The molecule has 1 aromatic heterocycles. The lowest BCUT2D eigenvalue weighted by Crippen LogP contribution is -2.30. The molecule has 2 aromatic carbocycles. The van der Waals surface area contributed by atoms with Crippen molar-refractivity contribution in [2.75, 3.05) is 11.9 Å². The largest absolute Gasteiger partial charge is 0.298 e. The Morgan fingerprint density at radius 1 is 1.00 bits per heavy atom. The molecule has 8 heteroatoms. The van der Waals surface area contributed by atoms with Crippen LogP contribution in [0.1, 0.15) is 48.8 Å². The molecule has 0 fully saturated rings. The molecule has 0 radical (unpaired) electrons.